The highest BCUT2D eigenvalue weighted by molar-refractivity contribution is 6.08. The van der Waals surface area contributed by atoms with Crippen LogP contribution in [0.25, 0.3) is 0 Å². The van der Waals surface area contributed by atoms with Gasteiger partial charge in [0, 0.05) is 11.6 Å². The number of anilines is 1. The fourth-order valence-electron chi connectivity index (χ4n) is 2.42. The van der Waals surface area contributed by atoms with Crippen molar-refractivity contribution in [2.24, 2.45) is 5.92 Å². The zero-order valence-corrected chi connectivity index (χ0v) is 16.6. The number of amides is 2. The van der Waals surface area contributed by atoms with Crippen molar-refractivity contribution in [3.63, 3.8) is 0 Å². The maximum Gasteiger partial charge on any atom is 0.340 e. The van der Waals surface area contributed by atoms with E-state index in [4.69, 9.17) is 4.74 Å². The average molecular weight is 382 g/mol. The van der Waals surface area contributed by atoms with Crippen LogP contribution in [0.1, 0.15) is 47.1 Å². The van der Waals surface area contributed by atoms with E-state index >= 15 is 0 Å². The quantitative estimate of drug-likeness (QED) is 0.717. The summed E-state index contributed by atoms with van der Waals surface area (Å²) in [5.41, 5.74) is 1.97. The first-order valence-corrected chi connectivity index (χ1v) is 9.21. The molecule has 0 bridgehead atoms. The molecule has 0 fully saturated rings. The van der Waals surface area contributed by atoms with Crippen LogP contribution in [0.3, 0.4) is 0 Å². The molecule has 2 aromatic carbocycles. The lowest BCUT2D eigenvalue weighted by atomic mass is 10.1. The van der Waals surface area contributed by atoms with E-state index in [2.05, 4.69) is 10.6 Å². The van der Waals surface area contributed by atoms with Gasteiger partial charge in [0.05, 0.1) is 11.3 Å². The molecule has 0 saturated carbocycles. The minimum atomic E-state index is -0.674. The number of esters is 1. The van der Waals surface area contributed by atoms with Gasteiger partial charge in [-0.25, -0.2) is 4.79 Å². The highest BCUT2D eigenvalue weighted by Crippen LogP contribution is 2.18. The van der Waals surface area contributed by atoms with E-state index in [1.54, 1.807) is 42.5 Å². The van der Waals surface area contributed by atoms with Crippen molar-refractivity contribution in [3.8, 4) is 0 Å². The summed E-state index contributed by atoms with van der Waals surface area (Å²) in [7, 11) is 0. The Kier molecular flexibility index (Phi) is 7.32. The zero-order chi connectivity index (χ0) is 20.7. The Morgan fingerprint density at radius 1 is 1.00 bits per heavy atom. The predicted molar refractivity (Wildman–Crippen MR) is 108 cm³/mol. The lowest BCUT2D eigenvalue weighted by Gasteiger charge is -2.17. The Labute approximate surface area is 165 Å². The van der Waals surface area contributed by atoms with Gasteiger partial charge in [0.1, 0.15) is 0 Å². The number of aryl methyl sites for hydroxylation is 1. The van der Waals surface area contributed by atoms with Crippen molar-refractivity contribution >= 4 is 23.5 Å². The van der Waals surface area contributed by atoms with E-state index in [-0.39, 0.29) is 35.9 Å². The fraction of sp³-hybridized carbons (Fsp3) is 0.318. The summed E-state index contributed by atoms with van der Waals surface area (Å²) in [6.07, 6.45) is 0. The monoisotopic (exact) mass is 382 g/mol. The molecule has 2 rings (SSSR count). The Morgan fingerprint density at radius 3 is 2.39 bits per heavy atom. The van der Waals surface area contributed by atoms with Crippen LogP contribution in [0.4, 0.5) is 5.69 Å². The van der Waals surface area contributed by atoms with Gasteiger partial charge in [0.25, 0.3) is 11.8 Å². The van der Waals surface area contributed by atoms with Crippen LogP contribution in [-0.2, 0) is 9.53 Å². The summed E-state index contributed by atoms with van der Waals surface area (Å²) in [5, 5.41) is 5.50. The number of ether oxygens (including phenoxy) is 1. The van der Waals surface area contributed by atoms with Gasteiger partial charge >= 0.3 is 5.97 Å². The molecule has 0 saturated heterocycles. The lowest BCUT2D eigenvalue weighted by Crippen LogP contribution is -2.38. The molecule has 0 spiro atoms. The van der Waals surface area contributed by atoms with Gasteiger partial charge in [-0.2, -0.15) is 0 Å². The van der Waals surface area contributed by atoms with E-state index < -0.39 is 5.97 Å². The van der Waals surface area contributed by atoms with E-state index in [0.717, 1.165) is 5.56 Å². The average Bonchev–Trinajstić information content (AvgIpc) is 2.66. The Morgan fingerprint density at radius 2 is 1.71 bits per heavy atom. The largest absolute Gasteiger partial charge is 0.452 e. The number of rotatable bonds is 7. The van der Waals surface area contributed by atoms with Crippen molar-refractivity contribution in [3.05, 3.63) is 65.2 Å². The Hall–Kier alpha value is -3.15. The molecule has 0 aromatic heterocycles. The molecule has 0 aliphatic heterocycles. The SMILES string of the molecule is Cc1cccc(C(=O)Nc2ccccc2C(=O)OCC(=O)N[C@@H](C)C(C)C)c1. The van der Waals surface area contributed by atoms with Crippen LogP contribution in [0.15, 0.2) is 48.5 Å². The first-order valence-electron chi connectivity index (χ1n) is 9.21. The maximum absolute atomic E-state index is 12.5. The number of carbonyl (C=O) groups is 3. The molecular weight excluding hydrogens is 356 g/mol. The van der Waals surface area contributed by atoms with Crippen LogP contribution in [0, 0.1) is 12.8 Å². The normalized spacial score (nSPS) is 11.6. The molecule has 28 heavy (non-hydrogen) atoms. The van der Waals surface area contributed by atoms with Gasteiger partial charge in [-0.15, -0.1) is 0 Å². The minimum Gasteiger partial charge on any atom is -0.452 e. The van der Waals surface area contributed by atoms with E-state index in [0.29, 0.717) is 11.3 Å². The first-order chi connectivity index (χ1) is 13.3. The number of hydrogen-bond acceptors (Lipinski definition) is 4. The summed E-state index contributed by atoms with van der Waals surface area (Å²) in [5.74, 6) is -1.09. The zero-order valence-electron chi connectivity index (χ0n) is 16.6. The second-order valence-electron chi connectivity index (χ2n) is 7.05. The summed E-state index contributed by atoms with van der Waals surface area (Å²) in [6, 6.07) is 13.7. The second-order valence-corrected chi connectivity index (χ2v) is 7.05. The first kappa shape index (κ1) is 21.2. The summed E-state index contributed by atoms with van der Waals surface area (Å²) >= 11 is 0. The number of hydrogen-bond donors (Lipinski definition) is 2. The minimum absolute atomic E-state index is 0.0212. The number of carbonyl (C=O) groups excluding carboxylic acids is 3. The molecule has 6 heteroatoms. The summed E-state index contributed by atoms with van der Waals surface area (Å²) in [4.78, 5) is 36.8. The molecule has 0 aliphatic carbocycles. The number of benzene rings is 2. The van der Waals surface area contributed by atoms with Crippen molar-refractivity contribution in [1.29, 1.82) is 0 Å². The summed E-state index contributed by atoms with van der Waals surface area (Å²) in [6.45, 7) is 7.39. The van der Waals surface area contributed by atoms with E-state index in [1.165, 1.54) is 0 Å². The molecule has 0 heterocycles. The fourth-order valence-corrected chi connectivity index (χ4v) is 2.42. The Balaban J connectivity index is 2.03. The van der Waals surface area contributed by atoms with Crippen molar-refractivity contribution in [2.75, 3.05) is 11.9 Å². The van der Waals surface area contributed by atoms with Gasteiger partial charge in [-0.05, 0) is 44.0 Å². The highest BCUT2D eigenvalue weighted by atomic mass is 16.5. The van der Waals surface area contributed by atoms with Gasteiger partial charge in [-0.1, -0.05) is 43.7 Å². The smallest absolute Gasteiger partial charge is 0.340 e. The summed E-state index contributed by atoms with van der Waals surface area (Å²) < 4.78 is 5.12. The number of para-hydroxylation sites is 1. The molecule has 0 unspecified atom stereocenters. The van der Waals surface area contributed by atoms with Crippen LogP contribution >= 0.6 is 0 Å². The van der Waals surface area contributed by atoms with Crippen LogP contribution in [0.5, 0.6) is 0 Å². The predicted octanol–water partition coefficient (Wildman–Crippen LogP) is 3.56. The maximum atomic E-state index is 12.5. The molecule has 6 nitrogen and oxygen atoms in total. The Bertz CT molecular complexity index is 861. The molecule has 0 aliphatic rings. The standard InChI is InChI=1S/C22H26N2O4/c1-14(2)16(4)23-20(25)13-28-22(27)18-10-5-6-11-19(18)24-21(26)17-9-7-8-15(3)12-17/h5-12,14,16H,13H2,1-4H3,(H,23,25)(H,24,26)/t16-/m0/s1. The van der Waals surface area contributed by atoms with Gasteiger partial charge in [-0.3, -0.25) is 9.59 Å². The molecule has 2 amide bonds. The molecule has 0 radical (unpaired) electrons. The third kappa shape index (κ3) is 5.94. The van der Waals surface area contributed by atoms with Crippen molar-refractivity contribution in [1.82, 2.24) is 5.32 Å². The third-order valence-electron chi connectivity index (χ3n) is 4.40. The molecule has 1 atom stereocenters. The van der Waals surface area contributed by atoms with E-state index in [9.17, 15) is 14.4 Å². The topological polar surface area (TPSA) is 84.5 Å². The van der Waals surface area contributed by atoms with Gasteiger partial charge in [0.15, 0.2) is 6.61 Å². The van der Waals surface area contributed by atoms with Gasteiger partial charge in [0.2, 0.25) is 0 Å². The molecule has 148 valence electrons. The van der Waals surface area contributed by atoms with Crippen LogP contribution in [-0.4, -0.2) is 30.4 Å². The third-order valence-corrected chi connectivity index (χ3v) is 4.40. The lowest BCUT2D eigenvalue weighted by molar-refractivity contribution is -0.125. The number of nitrogens with one attached hydrogen (secondary N) is 2. The van der Waals surface area contributed by atoms with Crippen molar-refractivity contribution < 1.29 is 19.1 Å². The molecule has 2 aromatic rings. The van der Waals surface area contributed by atoms with Crippen molar-refractivity contribution in [2.45, 2.75) is 33.7 Å². The van der Waals surface area contributed by atoms with Crippen LogP contribution < -0.4 is 10.6 Å². The van der Waals surface area contributed by atoms with Gasteiger partial charge < -0.3 is 15.4 Å². The van der Waals surface area contributed by atoms with Crippen LogP contribution in [0.2, 0.25) is 0 Å². The molecular formula is C22H26N2O4. The van der Waals surface area contributed by atoms with E-state index in [1.807, 2.05) is 33.8 Å². The second kappa shape index (κ2) is 9.69. The highest BCUT2D eigenvalue weighted by Gasteiger charge is 2.17. The molecule has 2 N–H and O–H groups in total.